The Bertz CT molecular complexity index is 1120. The SMILES string of the molecule is CC(=O)Oc1ccccc1C(=O)OCC[S+](C)c1c(O)c2ccccc2[nH]c1=O. The Labute approximate surface area is 169 Å². The molecular weight excluding hydrogens is 394 g/mol. The van der Waals surface area contributed by atoms with Gasteiger partial charge in [-0.3, -0.25) is 9.59 Å². The molecule has 0 amide bonds. The second-order valence-electron chi connectivity index (χ2n) is 6.24. The summed E-state index contributed by atoms with van der Waals surface area (Å²) in [5.41, 5.74) is 0.341. The highest BCUT2D eigenvalue weighted by Gasteiger charge is 2.27. The van der Waals surface area contributed by atoms with Gasteiger partial charge in [0.15, 0.2) is 5.75 Å². The van der Waals surface area contributed by atoms with Crippen LogP contribution in [0.15, 0.2) is 58.2 Å². The van der Waals surface area contributed by atoms with E-state index in [0.29, 0.717) is 16.7 Å². The topological polar surface area (TPSA) is 106 Å². The highest BCUT2D eigenvalue weighted by Crippen LogP contribution is 2.28. The average Bonchev–Trinajstić information content (AvgIpc) is 2.68. The Morgan fingerprint density at radius 3 is 2.55 bits per heavy atom. The van der Waals surface area contributed by atoms with E-state index in [1.165, 1.54) is 19.1 Å². The van der Waals surface area contributed by atoms with E-state index < -0.39 is 22.8 Å². The zero-order valence-corrected chi connectivity index (χ0v) is 16.7. The Morgan fingerprint density at radius 2 is 1.79 bits per heavy atom. The molecule has 0 fully saturated rings. The lowest BCUT2D eigenvalue weighted by Crippen LogP contribution is -2.22. The van der Waals surface area contributed by atoms with Crippen LogP contribution in [0, 0.1) is 0 Å². The van der Waals surface area contributed by atoms with Crippen LogP contribution in [-0.2, 0) is 20.4 Å². The standard InChI is InChI=1S/C21H19NO6S/c1-13(23)28-17-10-6-4-8-15(17)21(26)27-11-12-29(2)19-18(24)14-7-3-5-9-16(14)22-20(19)25/h3-10H,11-12H2,1-2H3,(H-,22,24,25)/p+1. The summed E-state index contributed by atoms with van der Waals surface area (Å²) < 4.78 is 10.3. The number of rotatable bonds is 6. The summed E-state index contributed by atoms with van der Waals surface area (Å²) in [6.45, 7) is 1.29. The number of carbonyl (C=O) groups is 2. The zero-order chi connectivity index (χ0) is 21.0. The van der Waals surface area contributed by atoms with Crippen LogP contribution in [0.4, 0.5) is 0 Å². The number of nitrogens with one attached hydrogen (secondary N) is 1. The van der Waals surface area contributed by atoms with Crippen LogP contribution in [-0.4, -0.2) is 40.6 Å². The fraction of sp³-hybridized carbons (Fsp3) is 0.190. The van der Waals surface area contributed by atoms with Crippen LogP contribution in [0.25, 0.3) is 10.9 Å². The maximum absolute atomic E-state index is 12.4. The molecule has 0 aliphatic carbocycles. The van der Waals surface area contributed by atoms with Gasteiger partial charge in [0, 0.05) is 23.2 Å². The largest absolute Gasteiger partial charge is 0.503 e. The number of benzene rings is 2. The molecular formula is C21H20NO6S+. The fourth-order valence-corrected chi connectivity index (χ4v) is 4.19. The normalized spacial score (nSPS) is 11.8. The quantitative estimate of drug-likeness (QED) is 0.365. The average molecular weight is 414 g/mol. The number of aromatic hydroxyl groups is 1. The molecule has 3 rings (SSSR count). The van der Waals surface area contributed by atoms with Gasteiger partial charge in [-0.15, -0.1) is 0 Å². The van der Waals surface area contributed by atoms with Crippen molar-refractivity contribution < 1.29 is 24.2 Å². The Kier molecular flexibility index (Phi) is 6.23. The number of aromatic amines is 1. The maximum atomic E-state index is 12.4. The number of carbonyl (C=O) groups excluding carboxylic acids is 2. The highest BCUT2D eigenvalue weighted by molar-refractivity contribution is 7.96. The van der Waals surface area contributed by atoms with Crippen LogP contribution in [0.5, 0.6) is 11.5 Å². The first-order chi connectivity index (χ1) is 13.9. The minimum Gasteiger partial charge on any atom is -0.503 e. The van der Waals surface area contributed by atoms with Crippen molar-refractivity contribution in [2.75, 3.05) is 18.6 Å². The molecule has 0 aliphatic rings. The van der Waals surface area contributed by atoms with Crippen molar-refractivity contribution in [3.63, 3.8) is 0 Å². The fourth-order valence-electron chi connectivity index (χ4n) is 2.85. The van der Waals surface area contributed by atoms with Gasteiger partial charge in [0.25, 0.3) is 4.90 Å². The van der Waals surface area contributed by atoms with E-state index in [1.807, 2.05) is 0 Å². The third-order valence-electron chi connectivity index (χ3n) is 4.18. The van der Waals surface area contributed by atoms with E-state index in [-0.39, 0.29) is 34.1 Å². The van der Waals surface area contributed by atoms with Gasteiger partial charge in [-0.25, -0.2) is 4.79 Å². The molecule has 7 nitrogen and oxygen atoms in total. The molecule has 0 saturated carbocycles. The molecule has 2 N–H and O–H groups in total. The zero-order valence-electron chi connectivity index (χ0n) is 15.9. The molecule has 1 heterocycles. The van der Waals surface area contributed by atoms with Crippen molar-refractivity contribution in [2.24, 2.45) is 0 Å². The number of ether oxygens (including phenoxy) is 2. The Hall–Kier alpha value is -3.26. The number of hydrogen-bond acceptors (Lipinski definition) is 6. The number of esters is 2. The summed E-state index contributed by atoms with van der Waals surface area (Å²) in [6.07, 6.45) is 1.81. The number of pyridine rings is 1. The minimum absolute atomic E-state index is 0.0402. The monoisotopic (exact) mass is 414 g/mol. The van der Waals surface area contributed by atoms with Gasteiger partial charge in [-0.1, -0.05) is 24.3 Å². The minimum atomic E-state index is -0.656. The summed E-state index contributed by atoms with van der Waals surface area (Å²) in [5, 5.41) is 11.1. The molecule has 8 heteroatoms. The summed E-state index contributed by atoms with van der Waals surface area (Å²) in [7, 11) is -0.656. The van der Waals surface area contributed by atoms with Crippen LogP contribution in [0.3, 0.4) is 0 Å². The second kappa shape index (κ2) is 8.83. The summed E-state index contributed by atoms with van der Waals surface area (Å²) in [6, 6.07) is 13.3. The maximum Gasteiger partial charge on any atom is 0.342 e. The number of para-hydroxylation sites is 2. The van der Waals surface area contributed by atoms with Gasteiger partial charge in [-0.2, -0.15) is 0 Å². The first-order valence-corrected chi connectivity index (χ1v) is 10.6. The Balaban J connectivity index is 1.70. The Morgan fingerprint density at radius 1 is 1.10 bits per heavy atom. The predicted octanol–water partition coefficient (Wildman–Crippen LogP) is 2.62. The number of fused-ring (bicyclic) bond motifs is 1. The lowest BCUT2D eigenvalue weighted by atomic mass is 10.2. The first-order valence-electron chi connectivity index (χ1n) is 8.79. The van der Waals surface area contributed by atoms with Crippen LogP contribution in [0.1, 0.15) is 17.3 Å². The van der Waals surface area contributed by atoms with Gasteiger partial charge in [0.1, 0.15) is 29.9 Å². The molecule has 3 aromatic rings. The van der Waals surface area contributed by atoms with E-state index in [9.17, 15) is 19.5 Å². The molecule has 1 aromatic heterocycles. The van der Waals surface area contributed by atoms with Gasteiger partial charge in [0.2, 0.25) is 0 Å². The lowest BCUT2D eigenvalue weighted by Gasteiger charge is -2.09. The van der Waals surface area contributed by atoms with Gasteiger partial charge in [-0.05, 0) is 24.3 Å². The molecule has 1 unspecified atom stereocenters. The molecule has 29 heavy (non-hydrogen) atoms. The summed E-state index contributed by atoms with van der Waals surface area (Å²) >= 11 is 0. The molecule has 0 aliphatic heterocycles. The van der Waals surface area contributed by atoms with Crippen LogP contribution >= 0.6 is 0 Å². The van der Waals surface area contributed by atoms with Crippen molar-refractivity contribution in [3.8, 4) is 11.5 Å². The van der Waals surface area contributed by atoms with Crippen molar-refractivity contribution in [3.05, 3.63) is 64.4 Å². The van der Waals surface area contributed by atoms with Crippen LogP contribution < -0.4 is 10.3 Å². The number of aromatic nitrogens is 1. The molecule has 0 radical (unpaired) electrons. The van der Waals surface area contributed by atoms with Crippen molar-refractivity contribution in [2.45, 2.75) is 11.8 Å². The molecule has 0 saturated heterocycles. The predicted molar refractivity (Wildman–Crippen MR) is 111 cm³/mol. The molecule has 0 spiro atoms. The summed E-state index contributed by atoms with van der Waals surface area (Å²) in [4.78, 5) is 39.0. The second-order valence-corrected chi connectivity index (χ2v) is 8.34. The first kappa shape index (κ1) is 20.5. The molecule has 150 valence electrons. The van der Waals surface area contributed by atoms with E-state index >= 15 is 0 Å². The van der Waals surface area contributed by atoms with Crippen molar-refractivity contribution >= 4 is 33.7 Å². The molecule has 2 aromatic carbocycles. The third-order valence-corrected chi connectivity index (χ3v) is 6.04. The van der Waals surface area contributed by atoms with Crippen molar-refractivity contribution in [1.29, 1.82) is 0 Å². The number of hydrogen-bond donors (Lipinski definition) is 2. The van der Waals surface area contributed by atoms with E-state index in [0.717, 1.165) is 0 Å². The van der Waals surface area contributed by atoms with E-state index in [4.69, 9.17) is 9.47 Å². The smallest absolute Gasteiger partial charge is 0.342 e. The third kappa shape index (κ3) is 4.60. The van der Waals surface area contributed by atoms with Gasteiger partial charge in [0.05, 0.1) is 5.52 Å². The van der Waals surface area contributed by atoms with E-state index in [2.05, 4.69) is 4.98 Å². The summed E-state index contributed by atoms with van der Waals surface area (Å²) in [5.74, 6) is -0.733. The van der Waals surface area contributed by atoms with E-state index in [1.54, 1.807) is 42.7 Å². The highest BCUT2D eigenvalue weighted by atomic mass is 32.2. The van der Waals surface area contributed by atoms with Crippen LogP contribution in [0.2, 0.25) is 0 Å². The molecule has 0 bridgehead atoms. The van der Waals surface area contributed by atoms with Gasteiger partial charge >= 0.3 is 17.5 Å². The lowest BCUT2D eigenvalue weighted by molar-refractivity contribution is -0.131. The molecule has 1 atom stereocenters. The van der Waals surface area contributed by atoms with Gasteiger partial charge < -0.3 is 19.6 Å². The van der Waals surface area contributed by atoms with Crippen molar-refractivity contribution in [1.82, 2.24) is 4.98 Å². The number of H-pyrrole nitrogens is 1.